The number of carboxylic acids is 1. The summed E-state index contributed by atoms with van der Waals surface area (Å²) in [5.41, 5.74) is -0.181. The topological polar surface area (TPSA) is 75.4 Å². The van der Waals surface area contributed by atoms with E-state index in [1.807, 2.05) is 6.92 Å². The van der Waals surface area contributed by atoms with E-state index in [2.05, 4.69) is 4.98 Å². The fourth-order valence-corrected chi connectivity index (χ4v) is 1.69. The lowest BCUT2D eigenvalue weighted by molar-refractivity contribution is -0.140. The van der Waals surface area contributed by atoms with Crippen LogP contribution >= 0.6 is 0 Å². The molecule has 0 bridgehead atoms. The second-order valence-corrected chi connectivity index (χ2v) is 4.37. The first-order valence-electron chi connectivity index (χ1n) is 5.96. The van der Waals surface area contributed by atoms with Crippen LogP contribution in [-0.4, -0.2) is 34.2 Å². The molecule has 6 heteroatoms. The maximum absolute atomic E-state index is 12.1. The molecule has 1 unspecified atom stereocenters. The lowest BCUT2D eigenvalue weighted by atomic mass is 10.2. The standard InChI is InChI=1S/C12H19N3O3/c1-4-6-15-7-5-13-10(11(15)16)14(3)8-9(2)12(17)18/h5,7,9H,4,6,8H2,1-3H3,(H,17,18). The Morgan fingerprint density at radius 1 is 1.61 bits per heavy atom. The third kappa shape index (κ3) is 3.32. The zero-order chi connectivity index (χ0) is 13.7. The summed E-state index contributed by atoms with van der Waals surface area (Å²) < 4.78 is 1.59. The van der Waals surface area contributed by atoms with Gasteiger partial charge in [0, 0.05) is 32.5 Å². The largest absolute Gasteiger partial charge is 0.481 e. The van der Waals surface area contributed by atoms with E-state index >= 15 is 0 Å². The number of aromatic nitrogens is 2. The summed E-state index contributed by atoms with van der Waals surface area (Å²) in [6.07, 6.45) is 4.07. The van der Waals surface area contributed by atoms with Gasteiger partial charge in [-0.3, -0.25) is 9.59 Å². The molecule has 0 radical (unpaired) electrons. The number of carbonyl (C=O) groups is 1. The van der Waals surface area contributed by atoms with E-state index in [0.717, 1.165) is 6.42 Å². The maximum atomic E-state index is 12.1. The molecule has 6 nitrogen and oxygen atoms in total. The molecule has 100 valence electrons. The molecular weight excluding hydrogens is 234 g/mol. The van der Waals surface area contributed by atoms with Gasteiger partial charge in [-0.2, -0.15) is 0 Å². The molecular formula is C12H19N3O3. The van der Waals surface area contributed by atoms with Crippen molar-refractivity contribution in [3.8, 4) is 0 Å². The molecule has 0 fully saturated rings. The molecule has 1 aromatic heterocycles. The van der Waals surface area contributed by atoms with Crippen LogP contribution in [0.25, 0.3) is 0 Å². The minimum atomic E-state index is -0.883. The predicted molar refractivity (Wildman–Crippen MR) is 68.9 cm³/mol. The highest BCUT2D eigenvalue weighted by atomic mass is 16.4. The molecule has 18 heavy (non-hydrogen) atoms. The predicted octanol–water partition coefficient (Wildman–Crippen LogP) is 0.810. The van der Waals surface area contributed by atoms with Gasteiger partial charge in [-0.25, -0.2) is 4.98 Å². The van der Waals surface area contributed by atoms with Crippen molar-refractivity contribution in [2.75, 3.05) is 18.5 Å². The van der Waals surface area contributed by atoms with Crippen LogP contribution in [-0.2, 0) is 11.3 Å². The summed E-state index contributed by atoms with van der Waals surface area (Å²) in [4.78, 5) is 28.5. The molecule has 0 saturated heterocycles. The molecule has 0 amide bonds. The highest BCUT2D eigenvalue weighted by Gasteiger charge is 2.17. The summed E-state index contributed by atoms with van der Waals surface area (Å²) >= 11 is 0. The molecule has 0 aliphatic rings. The van der Waals surface area contributed by atoms with Gasteiger partial charge < -0.3 is 14.6 Å². The van der Waals surface area contributed by atoms with Crippen molar-refractivity contribution in [3.63, 3.8) is 0 Å². The van der Waals surface area contributed by atoms with Gasteiger partial charge in [0.25, 0.3) is 5.56 Å². The molecule has 1 N–H and O–H groups in total. The summed E-state index contributed by atoms with van der Waals surface area (Å²) in [6.45, 7) is 4.49. The summed E-state index contributed by atoms with van der Waals surface area (Å²) in [5, 5.41) is 8.86. The van der Waals surface area contributed by atoms with Gasteiger partial charge in [0.05, 0.1) is 5.92 Å². The van der Waals surface area contributed by atoms with Crippen LogP contribution in [0.2, 0.25) is 0 Å². The minimum Gasteiger partial charge on any atom is -0.481 e. The van der Waals surface area contributed by atoms with Gasteiger partial charge in [-0.15, -0.1) is 0 Å². The van der Waals surface area contributed by atoms with Gasteiger partial charge in [0.1, 0.15) is 0 Å². The minimum absolute atomic E-state index is 0.181. The van der Waals surface area contributed by atoms with Crippen molar-refractivity contribution in [2.24, 2.45) is 5.92 Å². The Hall–Kier alpha value is -1.85. The molecule has 0 aromatic carbocycles. The normalized spacial score (nSPS) is 12.2. The van der Waals surface area contributed by atoms with Crippen molar-refractivity contribution in [1.29, 1.82) is 0 Å². The molecule has 0 aliphatic carbocycles. The Morgan fingerprint density at radius 2 is 2.28 bits per heavy atom. The van der Waals surface area contributed by atoms with Gasteiger partial charge in [-0.05, 0) is 6.42 Å². The van der Waals surface area contributed by atoms with E-state index in [9.17, 15) is 9.59 Å². The van der Waals surface area contributed by atoms with Crippen molar-refractivity contribution < 1.29 is 9.90 Å². The van der Waals surface area contributed by atoms with Crippen molar-refractivity contribution in [2.45, 2.75) is 26.8 Å². The second-order valence-electron chi connectivity index (χ2n) is 4.37. The first kappa shape index (κ1) is 14.2. The fourth-order valence-electron chi connectivity index (χ4n) is 1.69. The monoisotopic (exact) mass is 253 g/mol. The molecule has 0 spiro atoms. The van der Waals surface area contributed by atoms with Crippen molar-refractivity contribution >= 4 is 11.8 Å². The highest BCUT2D eigenvalue weighted by molar-refractivity contribution is 5.70. The number of rotatable bonds is 6. The number of nitrogens with zero attached hydrogens (tertiary/aromatic N) is 3. The van der Waals surface area contributed by atoms with Crippen LogP contribution < -0.4 is 10.5 Å². The van der Waals surface area contributed by atoms with Crippen LogP contribution in [0.15, 0.2) is 17.2 Å². The van der Waals surface area contributed by atoms with Gasteiger partial charge >= 0.3 is 5.97 Å². The van der Waals surface area contributed by atoms with Gasteiger partial charge in [-0.1, -0.05) is 13.8 Å². The van der Waals surface area contributed by atoms with Crippen molar-refractivity contribution in [3.05, 3.63) is 22.7 Å². The van der Waals surface area contributed by atoms with Gasteiger partial charge in [0.15, 0.2) is 5.82 Å². The van der Waals surface area contributed by atoms with E-state index in [1.165, 1.54) is 0 Å². The Morgan fingerprint density at radius 3 is 2.83 bits per heavy atom. The first-order chi connectivity index (χ1) is 8.47. The van der Waals surface area contributed by atoms with E-state index in [1.54, 1.807) is 35.8 Å². The summed E-state index contributed by atoms with van der Waals surface area (Å²) in [6, 6.07) is 0. The zero-order valence-corrected chi connectivity index (χ0v) is 11.0. The zero-order valence-electron chi connectivity index (χ0n) is 11.0. The Balaban J connectivity index is 2.92. The third-order valence-corrected chi connectivity index (χ3v) is 2.69. The van der Waals surface area contributed by atoms with E-state index < -0.39 is 11.9 Å². The summed E-state index contributed by atoms with van der Waals surface area (Å²) in [7, 11) is 1.68. The Labute approximate surface area is 106 Å². The smallest absolute Gasteiger partial charge is 0.308 e. The molecule has 1 aromatic rings. The number of anilines is 1. The average Bonchev–Trinajstić information content (AvgIpc) is 2.31. The van der Waals surface area contributed by atoms with E-state index in [4.69, 9.17) is 5.11 Å². The Bertz CT molecular complexity index is 470. The van der Waals surface area contributed by atoms with Crippen LogP contribution in [0.5, 0.6) is 0 Å². The van der Waals surface area contributed by atoms with E-state index in [0.29, 0.717) is 12.4 Å². The highest BCUT2D eigenvalue weighted by Crippen LogP contribution is 2.05. The molecule has 1 rings (SSSR count). The lowest BCUT2D eigenvalue weighted by Gasteiger charge is -2.20. The number of aliphatic carboxylic acids is 1. The number of hydrogen-bond donors (Lipinski definition) is 1. The second kappa shape index (κ2) is 6.18. The van der Waals surface area contributed by atoms with Crippen LogP contribution in [0.4, 0.5) is 5.82 Å². The quantitative estimate of drug-likeness (QED) is 0.812. The maximum Gasteiger partial charge on any atom is 0.308 e. The van der Waals surface area contributed by atoms with Crippen molar-refractivity contribution in [1.82, 2.24) is 9.55 Å². The number of carboxylic acid groups (broad SMARTS) is 1. The first-order valence-corrected chi connectivity index (χ1v) is 5.96. The van der Waals surface area contributed by atoms with Crippen LogP contribution in [0, 0.1) is 5.92 Å². The average molecular weight is 253 g/mol. The SMILES string of the molecule is CCCn1ccnc(N(C)CC(C)C(=O)O)c1=O. The fraction of sp³-hybridized carbons (Fsp3) is 0.583. The van der Waals surface area contributed by atoms with E-state index in [-0.39, 0.29) is 12.1 Å². The Kier molecular flexibility index (Phi) is 4.88. The van der Waals surface area contributed by atoms with Crippen LogP contribution in [0.3, 0.4) is 0 Å². The number of hydrogen-bond acceptors (Lipinski definition) is 4. The molecule has 1 heterocycles. The third-order valence-electron chi connectivity index (χ3n) is 2.69. The summed E-state index contributed by atoms with van der Waals surface area (Å²) in [5.74, 6) is -1.14. The molecule has 0 saturated carbocycles. The molecule has 1 atom stereocenters. The van der Waals surface area contributed by atoms with Gasteiger partial charge in [0.2, 0.25) is 0 Å². The lowest BCUT2D eigenvalue weighted by Crippen LogP contribution is -2.35. The molecule has 0 aliphatic heterocycles. The van der Waals surface area contributed by atoms with Crippen LogP contribution in [0.1, 0.15) is 20.3 Å². The number of aryl methyl sites for hydroxylation is 1.